The number of nitrogens with zero attached hydrogens (tertiary/aromatic N) is 1. The summed E-state index contributed by atoms with van der Waals surface area (Å²) in [6, 6.07) is 7.03. The molecular formula is C13H14N2O4. The van der Waals surface area contributed by atoms with Crippen LogP contribution in [-0.2, 0) is 4.79 Å². The highest BCUT2D eigenvalue weighted by atomic mass is 16.4. The van der Waals surface area contributed by atoms with E-state index < -0.39 is 24.6 Å². The lowest BCUT2D eigenvalue weighted by Crippen LogP contribution is -2.22. The second kappa shape index (κ2) is 5.21. The lowest BCUT2D eigenvalue weighted by Gasteiger charge is -2.18. The molecule has 6 heteroatoms. The Morgan fingerprint density at radius 2 is 1.89 bits per heavy atom. The van der Waals surface area contributed by atoms with E-state index in [1.807, 2.05) is 0 Å². The van der Waals surface area contributed by atoms with Crippen LogP contribution >= 0.6 is 0 Å². The quantitative estimate of drug-likeness (QED) is 0.644. The molecule has 0 saturated heterocycles. The summed E-state index contributed by atoms with van der Waals surface area (Å²) in [6.45, 7) is 0. The number of aliphatic hydroxyl groups is 2. The second-order valence-corrected chi connectivity index (χ2v) is 4.25. The van der Waals surface area contributed by atoms with Crippen LogP contribution in [0.5, 0.6) is 0 Å². The third-order valence-electron chi connectivity index (χ3n) is 2.92. The van der Waals surface area contributed by atoms with Gasteiger partial charge in [0.15, 0.2) is 0 Å². The molecule has 1 heterocycles. The first kappa shape index (κ1) is 13.3. The number of carboxylic acid groups (broad SMARTS) is 1. The highest BCUT2D eigenvalue weighted by Gasteiger charge is 2.23. The lowest BCUT2D eigenvalue weighted by molar-refractivity contribution is -0.141. The average molecular weight is 262 g/mol. The van der Waals surface area contributed by atoms with Gasteiger partial charge in [-0.25, -0.2) is 4.98 Å². The zero-order chi connectivity index (χ0) is 14.0. The predicted molar refractivity (Wildman–Crippen MR) is 69.4 cm³/mol. The number of nitrogens with two attached hydrogens (primary N) is 1. The van der Waals surface area contributed by atoms with Crippen LogP contribution in [0.25, 0.3) is 10.8 Å². The summed E-state index contributed by atoms with van der Waals surface area (Å²) in [6.07, 6.45) is -1.91. The van der Waals surface area contributed by atoms with Crippen molar-refractivity contribution in [3.63, 3.8) is 0 Å². The van der Waals surface area contributed by atoms with Crippen molar-refractivity contribution in [3.05, 3.63) is 36.0 Å². The maximum Gasteiger partial charge on any atom is 0.306 e. The van der Waals surface area contributed by atoms with Gasteiger partial charge >= 0.3 is 5.97 Å². The minimum atomic E-state index is -1.40. The fourth-order valence-electron chi connectivity index (χ4n) is 1.97. The van der Waals surface area contributed by atoms with Gasteiger partial charge in [-0.05, 0) is 5.39 Å². The van der Waals surface area contributed by atoms with E-state index in [2.05, 4.69) is 4.98 Å². The molecule has 0 radical (unpaired) electrons. The minimum Gasteiger partial charge on any atom is -0.481 e. The molecule has 6 nitrogen and oxygen atoms in total. The molecule has 1 aromatic carbocycles. The van der Waals surface area contributed by atoms with Crippen molar-refractivity contribution in [3.8, 4) is 0 Å². The molecule has 0 saturated carbocycles. The van der Waals surface area contributed by atoms with Crippen LogP contribution in [0.4, 0.5) is 5.82 Å². The summed E-state index contributed by atoms with van der Waals surface area (Å²) in [4.78, 5) is 14.5. The smallest absolute Gasteiger partial charge is 0.306 e. The summed E-state index contributed by atoms with van der Waals surface area (Å²) < 4.78 is 0. The Balaban J connectivity index is 2.45. The van der Waals surface area contributed by atoms with Gasteiger partial charge in [0.1, 0.15) is 11.9 Å². The second-order valence-electron chi connectivity index (χ2n) is 4.25. The number of pyridine rings is 1. The van der Waals surface area contributed by atoms with Crippen LogP contribution in [-0.4, -0.2) is 32.4 Å². The maximum atomic E-state index is 10.6. The molecule has 2 unspecified atom stereocenters. The van der Waals surface area contributed by atoms with Crippen molar-refractivity contribution < 1.29 is 20.1 Å². The molecule has 0 aliphatic rings. The molecule has 0 spiro atoms. The summed E-state index contributed by atoms with van der Waals surface area (Å²) in [5.74, 6) is -0.862. The third-order valence-corrected chi connectivity index (χ3v) is 2.92. The van der Waals surface area contributed by atoms with Crippen molar-refractivity contribution in [1.29, 1.82) is 0 Å². The fourth-order valence-corrected chi connectivity index (χ4v) is 1.97. The van der Waals surface area contributed by atoms with Gasteiger partial charge < -0.3 is 21.1 Å². The van der Waals surface area contributed by atoms with Gasteiger partial charge in [-0.15, -0.1) is 0 Å². The normalized spacial score (nSPS) is 14.2. The molecule has 2 aromatic rings. The van der Waals surface area contributed by atoms with Gasteiger partial charge in [-0.1, -0.05) is 24.3 Å². The van der Waals surface area contributed by atoms with E-state index in [1.165, 1.54) is 6.20 Å². The van der Waals surface area contributed by atoms with Crippen molar-refractivity contribution in [2.24, 2.45) is 0 Å². The molecular weight excluding hydrogens is 248 g/mol. The summed E-state index contributed by atoms with van der Waals surface area (Å²) in [7, 11) is 0. The van der Waals surface area contributed by atoms with Crippen molar-refractivity contribution in [1.82, 2.24) is 4.98 Å². The number of rotatable bonds is 4. The number of carbonyl (C=O) groups is 1. The molecule has 0 bridgehead atoms. The number of carboxylic acids is 1. The Kier molecular flexibility index (Phi) is 3.64. The van der Waals surface area contributed by atoms with Gasteiger partial charge in [0.05, 0.1) is 12.5 Å². The van der Waals surface area contributed by atoms with E-state index in [0.29, 0.717) is 22.2 Å². The number of benzene rings is 1. The number of aliphatic hydroxyl groups excluding tert-OH is 2. The first-order valence-corrected chi connectivity index (χ1v) is 5.71. The topological polar surface area (TPSA) is 117 Å². The van der Waals surface area contributed by atoms with Crippen LogP contribution < -0.4 is 5.73 Å². The maximum absolute atomic E-state index is 10.6. The lowest BCUT2D eigenvalue weighted by atomic mass is 9.98. The molecule has 2 rings (SSSR count). The van der Waals surface area contributed by atoms with Crippen molar-refractivity contribution in [2.45, 2.75) is 18.6 Å². The number of hydrogen-bond donors (Lipinski definition) is 4. The Morgan fingerprint density at radius 3 is 2.53 bits per heavy atom. The Morgan fingerprint density at radius 1 is 1.26 bits per heavy atom. The zero-order valence-corrected chi connectivity index (χ0v) is 10.0. The van der Waals surface area contributed by atoms with Gasteiger partial charge in [-0.3, -0.25) is 4.79 Å². The van der Waals surface area contributed by atoms with Crippen LogP contribution in [0.1, 0.15) is 18.1 Å². The molecule has 2 atom stereocenters. The first-order chi connectivity index (χ1) is 9.00. The van der Waals surface area contributed by atoms with Gasteiger partial charge in [0, 0.05) is 17.1 Å². The van der Waals surface area contributed by atoms with E-state index in [9.17, 15) is 15.0 Å². The first-order valence-electron chi connectivity index (χ1n) is 5.71. The number of aromatic nitrogens is 1. The standard InChI is InChI=1S/C13H14N2O4/c14-13-8-4-2-1-3-7(8)9(6-15-13)12(19)10(16)5-11(17)18/h1-4,6,10,12,16,19H,5H2,(H2,14,15)(H,17,18). The van der Waals surface area contributed by atoms with E-state index in [-0.39, 0.29) is 0 Å². The molecule has 1 aromatic heterocycles. The summed E-state index contributed by atoms with van der Waals surface area (Å²) in [5, 5.41) is 29.6. The molecule has 19 heavy (non-hydrogen) atoms. The average Bonchev–Trinajstić information content (AvgIpc) is 2.38. The van der Waals surface area contributed by atoms with Crippen LogP contribution in [0.3, 0.4) is 0 Å². The minimum absolute atomic E-state index is 0.319. The zero-order valence-electron chi connectivity index (χ0n) is 10.0. The Bertz CT molecular complexity index is 615. The van der Waals surface area contributed by atoms with Crippen LogP contribution in [0.15, 0.2) is 30.5 Å². The van der Waals surface area contributed by atoms with E-state index in [4.69, 9.17) is 10.8 Å². The molecule has 0 aliphatic heterocycles. The number of hydrogen-bond acceptors (Lipinski definition) is 5. The number of fused-ring (bicyclic) bond motifs is 1. The van der Waals surface area contributed by atoms with Gasteiger partial charge in [0.2, 0.25) is 0 Å². The molecule has 0 amide bonds. The van der Waals surface area contributed by atoms with E-state index in [1.54, 1.807) is 24.3 Å². The SMILES string of the molecule is Nc1ncc(C(O)C(O)CC(=O)O)c2ccccc12. The number of aliphatic carboxylic acids is 1. The van der Waals surface area contributed by atoms with Crippen molar-refractivity contribution in [2.75, 3.05) is 5.73 Å². The van der Waals surface area contributed by atoms with Gasteiger partial charge in [-0.2, -0.15) is 0 Å². The molecule has 100 valence electrons. The predicted octanol–water partition coefficient (Wildman–Crippen LogP) is 0.686. The molecule has 5 N–H and O–H groups in total. The highest BCUT2D eigenvalue weighted by Crippen LogP contribution is 2.29. The fraction of sp³-hybridized carbons (Fsp3) is 0.231. The van der Waals surface area contributed by atoms with Crippen LogP contribution in [0.2, 0.25) is 0 Å². The third kappa shape index (κ3) is 2.64. The van der Waals surface area contributed by atoms with E-state index >= 15 is 0 Å². The van der Waals surface area contributed by atoms with Crippen molar-refractivity contribution >= 4 is 22.6 Å². The number of nitrogen functional groups attached to an aromatic ring is 1. The molecule has 0 aliphatic carbocycles. The Hall–Kier alpha value is -2.18. The Labute approximate surface area is 109 Å². The largest absolute Gasteiger partial charge is 0.481 e. The summed E-state index contributed by atoms with van der Waals surface area (Å²) in [5.41, 5.74) is 6.09. The van der Waals surface area contributed by atoms with Gasteiger partial charge in [0.25, 0.3) is 0 Å². The summed E-state index contributed by atoms with van der Waals surface area (Å²) >= 11 is 0. The van der Waals surface area contributed by atoms with E-state index in [0.717, 1.165) is 0 Å². The number of anilines is 1. The monoisotopic (exact) mass is 262 g/mol. The molecule has 0 fully saturated rings. The van der Waals surface area contributed by atoms with Crippen LogP contribution in [0, 0.1) is 0 Å². The highest BCUT2D eigenvalue weighted by molar-refractivity contribution is 5.93.